The van der Waals surface area contributed by atoms with Crippen LogP contribution in [0.25, 0.3) is 0 Å². The maximum Gasteiger partial charge on any atom is 0.249 e. The summed E-state index contributed by atoms with van der Waals surface area (Å²) in [5, 5.41) is -0.693. The third-order valence-corrected chi connectivity index (χ3v) is 4.67. The lowest BCUT2D eigenvalue weighted by atomic mass is 9.81. The van der Waals surface area contributed by atoms with Crippen LogP contribution in [0, 0.1) is 11.8 Å². The number of carbonyl (C=O) groups excluding carboxylic acids is 3. The van der Waals surface area contributed by atoms with Gasteiger partial charge in [0.1, 0.15) is 6.04 Å². The van der Waals surface area contributed by atoms with E-state index >= 15 is 0 Å². The number of hydrogen-bond donors (Lipinski definition) is 0. The molecule has 3 atom stereocenters. The zero-order valence-corrected chi connectivity index (χ0v) is 12.3. The molecule has 1 aromatic rings. The molecule has 1 heterocycles. The molecule has 0 bridgehead atoms. The Morgan fingerprint density at radius 2 is 1.57 bits per heavy atom. The van der Waals surface area contributed by atoms with Crippen LogP contribution in [0.15, 0.2) is 30.3 Å². The van der Waals surface area contributed by atoms with Crippen LogP contribution in [0.5, 0.6) is 0 Å². The highest BCUT2D eigenvalue weighted by Crippen LogP contribution is 2.41. The lowest BCUT2D eigenvalue weighted by molar-refractivity contribution is -0.145. The molecule has 0 aromatic heterocycles. The molecule has 5 heteroatoms. The number of halogens is 1. The second kappa shape index (κ2) is 5.60. The molecule has 0 spiro atoms. The first-order chi connectivity index (χ1) is 10.1. The van der Waals surface area contributed by atoms with Gasteiger partial charge in [-0.15, -0.1) is 0 Å². The number of benzene rings is 1. The van der Waals surface area contributed by atoms with E-state index in [2.05, 4.69) is 0 Å². The molecular weight excluding hydrogens is 290 g/mol. The van der Waals surface area contributed by atoms with Crippen molar-refractivity contribution in [2.24, 2.45) is 11.8 Å². The predicted molar refractivity (Wildman–Crippen MR) is 77.3 cm³/mol. The third kappa shape index (κ3) is 2.38. The predicted octanol–water partition coefficient (Wildman–Crippen LogP) is 2.67. The van der Waals surface area contributed by atoms with Crippen LogP contribution in [0.2, 0.25) is 0 Å². The van der Waals surface area contributed by atoms with Crippen molar-refractivity contribution < 1.29 is 14.4 Å². The van der Waals surface area contributed by atoms with E-state index in [9.17, 15) is 14.4 Å². The Morgan fingerprint density at radius 3 is 2.05 bits per heavy atom. The maximum atomic E-state index is 12.6. The summed E-state index contributed by atoms with van der Waals surface area (Å²) in [7, 11) is 0. The van der Waals surface area contributed by atoms with Gasteiger partial charge in [0.15, 0.2) is 0 Å². The summed E-state index contributed by atoms with van der Waals surface area (Å²) in [6.07, 6.45) is 3.37. The van der Waals surface area contributed by atoms with Crippen LogP contribution < -0.4 is 0 Å². The van der Waals surface area contributed by atoms with Gasteiger partial charge in [0.25, 0.3) is 0 Å². The quantitative estimate of drug-likeness (QED) is 0.637. The fraction of sp³-hybridized carbons (Fsp3) is 0.438. The molecule has 1 aliphatic carbocycles. The van der Waals surface area contributed by atoms with Crippen molar-refractivity contribution in [3.05, 3.63) is 35.9 Å². The Morgan fingerprint density at radius 1 is 1.05 bits per heavy atom. The fourth-order valence-electron chi connectivity index (χ4n) is 3.46. The fourth-order valence-corrected chi connectivity index (χ4v) is 3.68. The van der Waals surface area contributed by atoms with Gasteiger partial charge in [-0.3, -0.25) is 19.3 Å². The molecule has 1 saturated heterocycles. The smallest absolute Gasteiger partial charge is 0.249 e. The molecular formula is C16H16ClNO3. The number of carbonyl (C=O) groups is 3. The van der Waals surface area contributed by atoms with Gasteiger partial charge in [0.05, 0.1) is 11.8 Å². The summed E-state index contributed by atoms with van der Waals surface area (Å²) in [5.41, 5.74) is 0.581. The number of imide groups is 1. The van der Waals surface area contributed by atoms with Crippen LogP contribution in [-0.2, 0) is 14.4 Å². The van der Waals surface area contributed by atoms with Crippen molar-refractivity contribution in [1.82, 2.24) is 4.90 Å². The number of fused-ring (bicyclic) bond motifs is 1. The minimum atomic E-state index is -1.00. The van der Waals surface area contributed by atoms with Crippen molar-refractivity contribution in [2.45, 2.75) is 31.7 Å². The van der Waals surface area contributed by atoms with E-state index in [-0.39, 0.29) is 23.7 Å². The van der Waals surface area contributed by atoms with Crippen LogP contribution in [0.1, 0.15) is 37.3 Å². The second-order valence-corrected chi connectivity index (χ2v) is 6.03. The van der Waals surface area contributed by atoms with Crippen molar-refractivity contribution in [3.8, 4) is 0 Å². The third-order valence-electron chi connectivity index (χ3n) is 4.46. The summed E-state index contributed by atoms with van der Waals surface area (Å²) in [6.45, 7) is 0. The Bertz CT molecular complexity index is 562. The van der Waals surface area contributed by atoms with E-state index < -0.39 is 11.3 Å². The van der Waals surface area contributed by atoms with E-state index in [1.807, 2.05) is 6.07 Å². The molecule has 0 N–H and O–H groups in total. The molecule has 2 amide bonds. The van der Waals surface area contributed by atoms with Crippen molar-refractivity contribution in [1.29, 1.82) is 0 Å². The molecule has 21 heavy (non-hydrogen) atoms. The van der Waals surface area contributed by atoms with Crippen LogP contribution in [-0.4, -0.2) is 22.0 Å². The van der Waals surface area contributed by atoms with E-state index in [1.54, 1.807) is 24.3 Å². The van der Waals surface area contributed by atoms with Gasteiger partial charge in [0, 0.05) is 0 Å². The minimum absolute atomic E-state index is 0.243. The van der Waals surface area contributed by atoms with Gasteiger partial charge in [-0.25, -0.2) is 0 Å². The monoisotopic (exact) mass is 305 g/mol. The summed E-state index contributed by atoms with van der Waals surface area (Å²) < 4.78 is 0. The van der Waals surface area contributed by atoms with Gasteiger partial charge in [0.2, 0.25) is 17.1 Å². The van der Waals surface area contributed by atoms with E-state index in [0.29, 0.717) is 5.56 Å². The standard InChI is InChI=1S/C16H16ClNO3/c17-14(19)13(10-6-2-1-3-7-10)18-15(20)11-8-4-5-9-12(11)16(18)21/h1-3,6-7,11-13H,4-5,8-9H2/t11-,12-,13-/m0/s1. The Balaban J connectivity index is 1.98. The molecule has 1 aromatic carbocycles. The van der Waals surface area contributed by atoms with Gasteiger partial charge in [-0.2, -0.15) is 0 Å². The molecule has 1 saturated carbocycles. The highest BCUT2D eigenvalue weighted by Gasteiger charge is 2.51. The second-order valence-electron chi connectivity index (χ2n) is 5.66. The van der Waals surface area contributed by atoms with Crippen LogP contribution in [0.4, 0.5) is 0 Å². The highest BCUT2D eigenvalue weighted by atomic mass is 35.5. The average Bonchev–Trinajstić information content (AvgIpc) is 2.74. The number of likely N-dealkylation sites (tertiary alicyclic amines) is 1. The van der Waals surface area contributed by atoms with E-state index in [1.165, 1.54) is 0 Å². The summed E-state index contributed by atoms with van der Waals surface area (Å²) in [6, 6.07) is 7.77. The number of rotatable bonds is 3. The Labute approximate surface area is 128 Å². The van der Waals surface area contributed by atoms with Gasteiger partial charge >= 0.3 is 0 Å². The van der Waals surface area contributed by atoms with E-state index in [4.69, 9.17) is 11.6 Å². The highest BCUT2D eigenvalue weighted by molar-refractivity contribution is 6.65. The summed E-state index contributed by atoms with van der Waals surface area (Å²) in [5.74, 6) is -1.03. The zero-order valence-electron chi connectivity index (χ0n) is 11.5. The SMILES string of the molecule is O=C(Cl)[C@H](c1ccccc1)N1C(=O)[C@H]2CCCC[C@@H]2C1=O. The topological polar surface area (TPSA) is 54.5 Å². The normalized spacial score (nSPS) is 26.6. The lowest BCUT2D eigenvalue weighted by Crippen LogP contribution is -2.38. The molecule has 3 rings (SSSR count). The first-order valence-electron chi connectivity index (χ1n) is 7.22. The lowest BCUT2D eigenvalue weighted by Gasteiger charge is -2.23. The van der Waals surface area contributed by atoms with Crippen molar-refractivity contribution in [2.75, 3.05) is 0 Å². The van der Waals surface area contributed by atoms with Crippen LogP contribution >= 0.6 is 11.6 Å². The Hall–Kier alpha value is -1.68. The number of amides is 2. The Kier molecular flexibility index (Phi) is 3.81. The molecule has 2 fully saturated rings. The van der Waals surface area contributed by atoms with Gasteiger partial charge in [-0.1, -0.05) is 43.2 Å². The summed E-state index contributed by atoms with van der Waals surface area (Å²) >= 11 is 5.70. The molecule has 110 valence electrons. The van der Waals surface area contributed by atoms with Crippen molar-refractivity contribution >= 4 is 28.7 Å². The largest absolute Gasteiger partial charge is 0.279 e. The maximum absolute atomic E-state index is 12.6. The number of nitrogens with zero attached hydrogens (tertiary/aromatic N) is 1. The first kappa shape index (κ1) is 14.3. The van der Waals surface area contributed by atoms with Gasteiger partial charge < -0.3 is 0 Å². The molecule has 2 aliphatic rings. The first-order valence-corrected chi connectivity index (χ1v) is 7.60. The molecule has 0 unspecified atom stereocenters. The molecule has 1 aliphatic heterocycles. The molecule has 4 nitrogen and oxygen atoms in total. The van der Waals surface area contributed by atoms with E-state index in [0.717, 1.165) is 30.6 Å². The summed E-state index contributed by atoms with van der Waals surface area (Å²) in [4.78, 5) is 38.1. The van der Waals surface area contributed by atoms with Crippen molar-refractivity contribution in [3.63, 3.8) is 0 Å². The van der Waals surface area contributed by atoms with Crippen LogP contribution in [0.3, 0.4) is 0 Å². The van der Waals surface area contributed by atoms with Gasteiger partial charge in [-0.05, 0) is 30.0 Å². The number of hydrogen-bond acceptors (Lipinski definition) is 3. The molecule has 0 radical (unpaired) electrons. The minimum Gasteiger partial charge on any atom is -0.279 e. The zero-order chi connectivity index (χ0) is 15.0. The average molecular weight is 306 g/mol.